The number of rotatable bonds is 4. The molecule has 1 aromatic rings. The fourth-order valence-corrected chi connectivity index (χ4v) is 2.00. The number of nitrogens with one attached hydrogen (secondary N) is 1. The van der Waals surface area contributed by atoms with Gasteiger partial charge in [0.05, 0.1) is 6.54 Å². The predicted molar refractivity (Wildman–Crippen MR) is 78.3 cm³/mol. The number of hydrogen-bond acceptors (Lipinski definition) is 3. The van der Waals surface area contributed by atoms with Crippen LogP contribution < -0.4 is 5.32 Å². The van der Waals surface area contributed by atoms with E-state index >= 15 is 0 Å². The van der Waals surface area contributed by atoms with Crippen LogP contribution in [0.1, 0.15) is 43.0 Å². The van der Waals surface area contributed by atoms with Crippen LogP contribution in [0.5, 0.6) is 0 Å². The first-order valence-corrected chi connectivity index (χ1v) is 6.66. The van der Waals surface area contributed by atoms with E-state index in [1.165, 1.54) is 16.7 Å². The summed E-state index contributed by atoms with van der Waals surface area (Å²) in [6.45, 7) is 11.4. The highest BCUT2D eigenvalue weighted by Gasteiger charge is 2.16. The number of esters is 1. The van der Waals surface area contributed by atoms with Gasteiger partial charge in [-0.3, -0.25) is 4.79 Å². The molecule has 3 heteroatoms. The highest BCUT2D eigenvalue weighted by molar-refractivity contribution is 5.71. The van der Waals surface area contributed by atoms with Crippen molar-refractivity contribution < 1.29 is 9.53 Å². The van der Waals surface area contributed by atoms with Gasteiger partial charge in [-0.2, -0.15) is 0 Å². The van der Waals surface area contributed by atoms with E-state index in [0.29, 0.717) is 6.61 Å². The summed E-state index contributed by atoms with van der Waals surface area (Å²) in [5.41, 5.74) is 4.92. The van der Waals surface area contributed by atoms with Crippen molar-refractivity contribution in [3.05, 3.63) is 34.4 Å². The highest BCUT2D eigenvalue weighted by atomic mass is 16.5. The molecule has 3 nitrogen and oxygen atoms in total. The van der Waals surface area contributed by atoms with Gasteiger partial charge >= 0.3 is 5.97 Å². The van der Waals surface area contributed by atoms with E-state index in [2.05, 4.69) is 52.1 Å². The number of aryl methyl sites for hydroxylation is 2. The van der Waals surface area contributed by atoms with E-state index < -0.39 is 0 Å². The fourth-order valence-electron chi connectivity index (χ4n) is 2.00. The third-order valence-electron chi connectivity index (χ3n) is 3.26. The van der Waals surface area contributed by atoms with Gasteiger partial charge in [0.2, 0.25) is 0 Å². The minimum absolute atomic E-state index is 0.136. The summed E-state index contributed by atoms with van der Waals surface area (Å²) < 4.78 is 5.25. The van der Waals surface area contributed by atoms with E-state index in [1.807, 2.05) is 0 Å². The molecule has 0 aromatic heterocycles. The maximum absolute atomic E-state index is 11.4. The molecule has 106 valence electrons. The van der Waals surface area contributed by atoms with Gasteiger partial charge in [-0.05, 0) is 48.6 Å². The Balaban J connectivity index is 2.89. The maximum Gasteiger partial charge on any atom is 0.320 e. The summed E-state index contributed by atoms with van der Waals surface area (Å²) in [7, 11) is 1.73. The monoisotopic (exact) mass is 263 g/mol. The average Bonchev–Trinajstić information content (AvgIpc) is 2.26. The molecule has 0 atom stereocenters. The van der Waals surface area contributed by atoms with Gasteiger partial charge in [-0.1, -0.05) is 32.9 Å². The molecule has 1 N–H and O–H groups in total. The van der Waals surface area contributed by atoms with E-state index in [-0.39, 0.29) is 17.9 Å². The van der Waals surface area contributed by atoms with Crippen LogP contribution in [-0.2, 0) is 21.6 Å². The molecule has 0 aliphatic heterocycles. The second-order valence-electron chi connectivity index (χ2n) is 6.03. The van der Waals surface area contributed by atoms with Crippen molar-refractivity contribution in [3.63, 3.8) is 0 Å². The summed E-state index contributed by atoms with van der Waals surface area (Å²) in [4.78, 5) is 11.4. The highest BCUT2D eigenvalue weighted by Crippen LogP contribution is 2.27. The van der Waals surface area contributed by atoms with Gasteiger partial charge < -0.3 is 10.1 Å². The van der Waals surface area contributed by atoms with Crippen LogP contribution in [0.25, 0.3) is 0 Å². The molecule has 0 unspecified atom stereocenters. The third-order valence-corrected chi connectivity index (χ3v) is 3.26. The van der Waals surface area contributed by atoms with Crippen LogP contribution >= 0.6 is 0 Å². The zero-order chi connectivity index (χ0) is 14.6. The van der Waals surface area contributed by atoms with Gasteiger partial charge in [0.15, 0.2) is 0 Å². The zero-order valence-electron chi connectivity index (χ0n) is 12.9. The van der Waals surface area contributed by atoms with Crippen LogP contribution in [-0.4, -0.2) is 19.6 Å². The normalized spacial score (nSPS) is 11.5. The fraction of sp³-hybridized carbons (Fsp3) is 0.562. The topological polar surface area (TPSA) is 38.3 Å². The van der Waals surface area contributed by atoms with Crippen molar-refractivity contribution in [2.45, 2.75) is 46.6 Å². The summed E-state index contributed by atoms with van der Waals surface area (Å²) >= 11 is 0. The van der Waals surface area contributed by atoms with Gasteiger partial charge in [0.1, 0.15) is 6.61 Å². The minimum atomic E-state index is -0.221. The van der Waals surface area contributed by atoms with Crippen LogP contribution in [0.2, 0.25) is 0 Å². The van der Waals surface area contributed by atoms with Crippen molar-refractivity contribution in [3.8, 4) is 0 Å². The summed E-state index contributed by atoms with van der Waals surface area (Å²) in [6, 6.07) is 4.38. The number of hydrogen-bond donors (Lipinski definition) is 1. The summed E-state index contributed by atoms with van der Waals surface area (Å²) in [6.07, 6.45) is 0. The first kappa shape index (κ1) is 15.7. The van der Waals surface area contributed by atoms with Gasteiger partial charge in [-0.15, -0.1) is 0 Å². The number of benzene rings is 1. The van der Waals surface area contributed by atoms with E-state index in [4.69, 9.17) is 4.74 Å². The second-order valence-corrected chi connectivity index (χ2v) is 6.03. The lowest BCUT2D eigenvalue weighted by Crippen LogP contribution is -2.21. The summed E-state index contributed by atoms with van der Waals surface area (Å²) in [5, 5.41) is 2.79. The molecular formula is C16H25NO2. The van der Waals surface area contributed by atoms with Gasteiger partial charge in [0.25, 0.3) is 0 Å². The van der Waals surface area contributed by atoms with Crippen molar-refractivity contribution in [2.24, 2.45) is 0 Å². The molecule has 0 bridgehead atoms. The number of likely N-dealkylation sites (N-methyl/N-ethyl adjacent to an activating group) is 1. The Morgan fingerprint density at radius 1 is 1.21 bits per heavy atom. The SMILES string of the molecule is CNCC(=O)OCc1c(C)cc(C(C)(C)C)cc1C. The van der Waals surface area contributed by atoms with E-state index in [0.717, 1.165) is 5.56 Å². The smallest absolute Gasteiger partial charge is 0.320 e. The van der Waals surface area contributed by atoms with E-state index in [9.17, 15) is 4.79 Å². The van der Waals surface area contributed by atoms with Crippen molar-refractivity contribution >= 4 is 5.97 Å². The molecule has 0 aliphatic rings. The molecule has 0 fully saturated rings. The third kappa shape index (κ3) is 4.35. The van der Waals surface area contributed by atoms with Crippen molar-refractivity contribution in [1.29, 1.82) is 0 Å². The summed E-state index contributed by atoms with van der Waals surface area (Å²) in [5.74, 6) is -0.221. The molecule has 19 heavy (non-hydrogen) atoms. The standard InChI is InChI=1S/C16H25NO2/c1-11-7-13(16(3,4)5)8-12(2)14(11)10-19-15(18)9-17-6/h7-8,17H,9-10H2,1-6H3. The second kappa shape index (κ2) is 6.20. The Bertz CT molecular complexity index is 435. The molecular weight excluding hydrogens is 238 g/mol. The number of carbonyl (C=O) groups excluding carboxylic acids is 1. The first-order chi connectivity index (χ1) is 8.75. The Morgan fingerprint density at radius 2 is 1.74 bits per heavy atom. The van der Waals surface area contributed by atoms with Crippen LogP contribution in [0.3, 0.4) is 0 Å². The Kier molecular flexibility index (Phi) is 5.12. The molecule has 0 amide bonds. The molecule has 1 aromatic carbocycles. The zero-order valence-corrected chi connectivity index (χ0v) is 12.9. The predicted octanol–water partition coefficient (Wildman–Crippen LogP) is 2.86. The van der Waals surface area contributed by atoms with Crippen molar-refractivity contribution in [2.75, 3.05) is 13.6 Å². The molecule has 0 saturated carbocycles. The maximum atomic E-state index is 11.4. The molecule has 0 heterocycles. The van der Waals surface area contributed by atoms with Gasteiger partial charge in [-0.25, -0.2) is 0 Å². The quantitative estimate of drug-likeness (QED) is 0.849. The number of ether oxygens (including phenoxy) is 1. The van der Waals surface area contributed by atoms with Crippen LogP contribution in [0, 0.1) is 13.8 Å². The Morgan fingerprint density at radius 3 is 2.16 bits per heavy atom. The molecule has 0 spiro atoms. The van der Waals surface area contributed by atoms with E-state index in [1.54, 1.807) is 7.05 Å². The van der Waals surface area contributed by atoms with Crippen LogP contribution in [0.4, 0.5) is 0 Å². The molecule has 1 rings (SSSR count). The molecule has 0 radical (unpaired) electrons. The average molecular weight is 263 g/mol. The molecule has 0 saturated heterocycles. The Hall–Kier alpha value is -1.35. The lowest BCUT2D eigenvalue weighted by Gasteiger charge is -2.22. The molecule has 0 aliphatic carbocycles. The van der Waals surface area contributed by atoms with Crippen molar-refractivity contribution in [1.82, 2.24) is 5.32 Å². The lowest BCUT2D eigenvalue weighted by molar-refractivity contribution is -0.143. The minimum Gasteiger partial charge on any atom is -0.460 e. The number of carbonyl (C=O) groups is 1. The first-order valence-electron chi connectivity index (χ1n) is 6.66. The Labute approximate surface area is 116 Å². The largest absolute Gasteiger partial charge is 0.460 e. The van der Waals surface area contributed by atoms with Crippen LogP contribution in [0.15, 0.2) is 12.1 Å². The lowest BCUT2D eigenvalue weighted by atomic mass is 9.84. The van der Waals surface area contributed by atoms with Gasteiger partial charge in [0, 0.05) is 0 Å².